The second-order valence-electron chi connectivity index (χ2n) is 8.50. The van der Waals surface area contributed by atoms with Crippen molar-refractivity contribution in [1.82, 2.24) is 10.3 Å². The summed E-state index contributed by atoms with van der Waals surface area (Å²) in [6, 6.07) is 9.76. The molecule has 3 rings (SSSR count). The number of hydrogen-bond acceptors (Lipinski definition) is 9. The number of H-pyrrole nitrogens is 1. The van der Waals surface area contributed by atoms with Crippen molar-refractivity contribution in [1.29, 1.82) is 0 Å². The van der Waals surface area contributed by atoms with Gasteiger partial charge >= 0.3 is 5.97 Å². The third-order valence-corrected chi connectivity index (χ3v) is 6.10. The van der Waals surface area contributed by atoms with Crippen molar-refractivity contribution in [3.8, 4) is 28.7 Å². The van der Waals surface area contributed by atoms with Crippen LogP contribution in [0.15, 0.2) is 47.4 Å². The number of aromatic hydroxyl groups is 2. The summed E-state index contributed by atoms with van der Waals surface area (Å²) in [5, 5.41) is 23.3. The maximum Gasteiger partial charge on any atom is 0.343 e. The lowest BCUT2D eigenvalue weighted by atomic mass is 9.87. The van der Waals surface area contributed by atoms with Gasteiger partial charge in [-0.25, -0.2) is 4.79 Å². The first kappa shape index (κ1) is 28.9. The molecule has 0 aliphatic carbocycles. The Kier molecular flexibility index (Phi) is 9.80. The molecule has 0 saturated carbocycles. The normalized spacial score (nSPS) is 11.4. The van der Waals surface area contributed by atoms with Crippen molar-refractivity contribution in [3.63, 3.8) is 0 Å². The molecular formula is C28H32N2O9. The molecule has 1 atom stereocenters. The number of rotatable bonds is 12. The highest BCUT2D eigenvalue weighted by molar-refractivity contribution is 5.92. The number of methoxy groups -OCH3 is 3. The van der Waals surface area contributed by atoms with Crippen molar-refractivity contribution in [2.75, 3.05) is 34.5 Å². The number of aromatic nitrogens is 1. The van der Waals surface area contributed by atoms with E-state index in [1.54, 1.807) is 43.3 Å². The predicted octanol–water partition coefficient (Wildman–Crippen LogP) is 2.87. The largest absolute Gasteiger partial charge is 0.508 e. The van der Waals surface area contributed by atoms with Crippen LogP contribution in [0, 0.1) is 0 Å². The molecule has 39 heavy (non-hydrogen) atoms. The van der Waals surface area contributed by atoms with Crippen LogP contribution in [0.4, 0.5) is 0 Å². The van der Waals surface area contributed by atoms with Gasteiger partial charge in [0.15, 0.2) is 11.5 Å². The molecule has 1 amide bonds. The number of ether oxygens (including phenoxy) is 4. The molecule has 0 radical (unpaired) electrons. The van der Waals surface area contributed by atoms with Crippen molar-refractivity contribution in [2.24, 2.45) is 0 Å². The van der Waals surface area contributed by atoms with E-state index in [4.69, 9.17) is 18.9 Å². The SMILES string of the molecule is CCOC(=O)c1c[nH]c(=O)c([C@H](CC(=O)NCCc2ccc(O)cc2)c2cc(OC)c(OC)c(OC)c2)c1O. The van der Waals surface area contributed by atoms with Gasteiger partial charge in [0.05, 0.1) is 33.5 Å². The number of pyridine rings is 1. The lowest BCUT2D eigenvalue weighted by Gasteiger charge is -2.22. The first-order valence-corrected chi connectivity index (χ1v) is 12.2. The second-order valence-corrected chi connectivity index (χ2v) is 8.50. The number of esters is 1. The monoisotopic (exact) mass is 540 g/mol. The van der Waals surface area contributed by atoms with E-state index in [0.29, 0.717) is 17.7 Å². The lowest BCUT2D eigenvalue weighted by Crippen LogP contribution is -2.29. The second kappa shape index (κ2) is 13.2. The Balaban J connectivity index is 2.02. The van der Waals surface area contributed by atoms with Crippen molar-refractivity contribution < 1.29 is 38.7 Å². The zero-order chi connectivity index (χ0) is 28.5. The highest BCUT2D eigenvalue weighted by atomic mass is 16.5. The number of phenolic OH excluding ortho intramolecular Hbond substituents is 1. The van der Waals surface area contributed by atoms with Gasteiger partial charge < -0.3 is 39.5 Å². The highest BCUT2D eigenvalue weighted by Gasteiger charge is 2.30. The van der Waals surface area contributed by atoms with Gasteiger partial charge in [0.25, 0.3) is 5.56 Å². The molecule has 0 fully saturated rings. The van der Waals surface area contributed by atoms with E-state index < -0.39 is 29.1 Å². The summed E-state index contributed by atoms with van der Waals surface area (Å²) in [5.41, 5.74) is 0.196. The Labute approximate surface area is 225 Å². The minimum absolute atomic E-state index is 0.0620. The highest BCUT2D eigenvalue weighted by Crippen LogP contribution is 2.43. The number of hydrogen-bond donors (Lipinski definition) is 4. The van der Waals surface area contributed by atoms with E-state index in [0.717, 1.165) is 11.8 Å². The van der Waals surface area contributed by atoms with Crippen LogP contribution in [-0.2, 0) is 16.0 Å². The molecule has 0 saturated heterocycles. The van der Waals surface area contributed by atoms with Crippen LogP contribution in [0.3, 0.4) is 0 Å². The fraction of sp³-hybridized carbons (Fsp3) is 0.321. The molecule has 11 nitrogen and oxygen atoms in total. The quantitative estimate of drug-likeness (QED) is 0.254. The van der Waals surface area contributed by atoms with Crippen LogP contribution >= 0.6 is 0 Å². The third-order valence-electron chi connectivity index (χ3n) is 6.10. The number of aromatic amines is 1. The van der Waals surface area contributed by atoms with Gasteiger partial charge in [-0.2, -0.15) is 0 Å². The minimum atomic E-state index is -1.01. The Bertz CT molecular complexity index is 1340. The molecule has 0 spiro atoms. The molecule has 0 aliphatic heterocycles. The summed E-state index contributed by atoms with van der Waals surface area (Å²) in [6.45, 7) is 1.96. The van der Waals surface area contributed by atoms with Gasteiger partial charge in [0, 0.05) is 25.1 Å². The van der Waals surface area contributed by atoms with Crippen molar-refractivity contribution in [3.05, 3.63) is 75.2 Å². The van der Waals surface area contributed by atoms with Crippen LogP contribution in [0.5, 0.6) is 28.7 Å². The van der Waals surface area contributed by atoms with Crippen LogP contribution < -0.4 is 25.1 Å². The number of nitrogens with one attached hydrogen (secondary N) is 2. The van der Waals surface area contributed by atoms with Crippen molar-refractivity contribution >= 4 is 11.9 Å². The fourth-order valence-electron chi connectivity index (χ4n) is 4.18. The van der Waals surface area contributed by atoms with Crippen LogP contribution in [0.2, 0.25) is 0 Å². The number of amides is 1. The zero-order valence-corrected chi connectivity index (χ0v) is 22.2. The molecule has 1 heterocycles. The summed E-state index contributed by atoms with van der Waals surface area (Å²) in [4.78, 5) is 41.0. The molecule has 2 aromatic carbocycles. The fourth-order valence-corrected chi connectivity index (χ4v) is 4.18. The maximum atomic E-state index is 13.1. The Morgan fingerprint density at radius 3 is 2.21 bits per heavy atom. The lowest BCUT2D eigenvalue weighted by molar-refractivity contribution is -0.121. The van der Waals surface area contributed by atoms with E-state index in [1.165, 1.54) is 21.3 Å². The van der Waals surface area contributed by atoms with Gasteiger partial charge in [0.2, 0.25) is 11.7 Å². The van der Waals surface area contributed by atoms with Crippen molar-refractivity contribution in [2.45, 2.75) is 25.7 Å². The van der Waals surface area contributed by atoms with Gasteiger partial charge in [-0.1, -0.05) is 12.1 Å². The average molecular weight is 541 g/mol. The third kappa shape index (κ3) is 6.81. The van der Waals surface area contributed by atoms with E-state index in [2.05, 4.69) is 10.3 Å². The standard InChI is InChI=1S/C28H32N2O9/c1-5-39-28(35)20-15-30-27(34)24(25(20)33)19(17-12-21(36-2)26(38-4)22(13-17)37-3)14-23(32)29-11-10-16-6-8-18(31)9-7-16/h6-9,12-13,15,19,31H,5,10-11,14H2,1-4H3,(H,29,32)(H2,30,33,34)/t19-/m1/s1. The molecule has 1 aromatic heterocycles. The maximum absolute atomic E-state index is 13.1. The summed E-state index contributed by atoms with van der Waals surface area (Å²) in [7, 11) is 4.30. The zero-order valence-electron chi connectivity index (χ0n) is 22.2. The molecule has 0 bridgehead atoms. The predicted molar refractivity (Wildman–Crippen MR) is 142 cm³/mol. The summed E-state index contributed by atoms with van der Waals surface area (Å²) in [5.74, 6) is -1.82. The molecule has 208 valence electrons. The van der Waals surface area contributed by atoms with E-state index in [1.807, 2.05) is 0 Å². The van der Waals surface area contributed by atoms with Gasteiger partial charge in [0.1, 0.15) is 17.1 Å². The van der Waals surface area contributed by atoms with E-state index in [-0.39, 0.29) is 47.9 Å². The Hall–Kier alpha value is -4.67. The molecule has 3 aromatic rings. The van der Waals surface area contributed by atoms with Gasteiger partial charge in [-0.15, -0.1) is 0 Å². The number of carbonyl (C=O) groups excluding carboxylic acids is 2. The summed E-state index contributed by atoms with van der Waals surface area (Å²) in [6.07, 6.45) is 1.32. The average Bonchev–Trinajstić information content (AvgIpc) is 2.92. The molecular weight excluding hydrogens is 508 g/mol. The molecule has 0 unspecified atom stereocenters. The van der Waals surface area contributed by atoms with E-state index in [9.17, 15) is 24.6 Å². The van der Waals surface area contributed by atoms with Crippen LogP contribution in [0.25, 0.3) is 0 Å². The minimum Gasteiger partial charge on any atom is -0.508 e. The smallest absolute Gasteiger partial charge is 0.343 e. The molecule has 4 N–H and O–H groups in total. The molecule has 0 aliphatic rings. The number of phenols is 1. The number of carbonyl (C=O) groups is 2. The van der Waals surface area contributed by atoms with Crippen LogP contribution in [-0.4, -0.2) is 61.6 Å². The molecule has 11 heteroatoms. The Morgan fingerprint density at radius 2 is 1.64 bits per heavy atom. The number of benzene rings is 2. The van der Waals surface area contributed by atoms with Crippen LogP contribution in [0.1, 0.15) is 46.3 Å². The van der Waals surface area contributed by atoms with Gasteiger partial charge in [-0.3, -0.25) is 9.59 Å². The first-order valence-electron chi connectivity index (χ1n) is 12.2. The van der Waals surface area contributed by atoms with Gasteiger partial charge in [-0.05, 0) is 48.7 Å². The first-order chi connectivity index (χ1) is 18.7. The summed E-state index contributed by atoms with van der Waals surface area (Å²) < 4.78 is 21.3. The van der Waals surface area contributed by atoms with E-state index >= 15 is 0 Å². The Morgan fingerprint density at radius 1 is 1.00 bits per heavy atom. The topological polar surface area (TPSA) is 156 Å². The summed E-state index contributed by atoms with van der Waals surface area (Å²) >= 11 is 0.